The van der Waals surface area contributed by atoms with E-state index in [0.29, 0.717) is 6.54 Å². The fourth-order valence-electron chi connectivity index (χ4n) is 2.37. The highest BCUT2D eigenvalue weighted by molar-refractivity contribution is 5.98. The lowest BCUT2D eigenvalue weighted by Crippen LogP contribution is -2.13. The molecule has 1 atom stereocenters. The van der Waals surface area contributed by atoms with Crippen LogP contribution in [-0.4, -0.2) is 28.8 Å². The lowest BCUT2D eigenvalue weighted by molar-refractivity contribution is -0.137. The number of benzene rings is 1. The SMILES string of the molecule is O=C(O)C1C=NCCc2c1[nH]c1ccccc21. The number of aromatic nitrogens is 1. The molecule has 17 heavy (non-hydrogen) atoms. The summed E-state index contributed by atoms with van der Waals surface area (Å²) in [5.74, 6) is -1.51. The molecular formula is C13H12N2O2. The second kappa shape index (κ2) is 3.73. The Hall–Kier alpha value is -2.10. The van der Waals surface area contributed by atoms with Crippen molar-refractivity contribution in [3.63, 3.8) is 0 Å². The average molecular weight is 228 g/mol. The van der Waals surface area contributed by atoms with Crippen molar-refractivity contribution >= 4 is 23.1 Å². The summed E-state index contributed by atoms with van der Waals surface area (Å²) < 4.78 is 0. The van der Waals surface area contributed by atoms with E-state index < -0.39 is 11.9 Å². The van der Waals surface area contributed by atoms with Crippen molar-refractivity contribution in [3.8, 4) is 0 Å². The Morgan fingerprint density at radius 2 is 2.24 bits per heavy atom. The molecule has 1 aromatic carbocycles. The summed E-state index contributed by atoms with van der Waals surface area (Å²) in [6.07, 6.45) is 2.32. The van der Waals surface area contributed by atoms with E-state index in [2.05, 4.69) is 9.98 Å². The van der Waals surface area contributed by atoms with Gasteiger partial charge >= 0.3 is 5.97 Å². The summed E-state index contributed by atoms with van der Waals surface area (Å²) in [5, 5.41) is 10.3. The molecule has 1 unspecified atom stereocenters. The van der Waals surface area contributed by atoms with Gasteiger partial charge in [0.1, 0.15) is 5.92 Å². The average Bonchev–Trinajstić information content (AvgIpc) is 2.54. The second-order valence-electron chi connectivity index (χ2n) is 4.18. The molecule has 1 aromatic heterocycles. The van der Waals surface area contributed by atoms with Gasteiger partial charge in [-0.2, -0.15) is 0 Å². The number of carboxylic acid groups (broad SMARTS) is 1. The van der Waals surface area contributed by atoms with Gasteiger partial charge in [-0.3, -0.25) is 9.79 Å². The third-order valence-corrected chi connectivity index (χ3v) is 3.17. The van der Waals surface area contributed by atoms with Crippen molar-refractivity contribution in [2.24, 2.45) is 4.99 Å². The van der Waals surface area contributed by atoms with Gasteiger partial charge in [0, 0.05) is 29.4 Å². The van der Waals surface area contributed by atoms with Crippen LogP contribution in [0.4, 0.5) is 0 Å². The van der Waals surface area contributed by atoms with E-state index >= 15 is 0 Å². The first-order chi connectivity index (χ1) is 8.27. The van der Waals surface area contributed by atoms with E-state index in [0.717, 1.165) is 28.6 Å². The number of aliphatic carboxylic acids is 1. The maximum Gasteiger partial charge on any atom is 0.318 e. The number of hydrogen-bond donors (Lipinski definition) is 2. The summed E-state index contributed by atoms with van der Waals surface area (Å²) in [7, 11) is 0. The van der Waals surface area contributed by atoms with Crippen LogP contribution in [0.5, 0.6) is 0 Å². The Balaban J connectivity index is 2.27. The molecule has 0 spiro atoms. The van der Waals surface area contributed by atoms with Crippen molar-refractivity contribution in [3.05, 3.63) is 35.5 Å². The van der Waals surface area contributed by atoms with Crippen LogP contribution in [-0.2, 0) is 11.2 Å². The Kier molecular flexibility index (Phi) is 2.21. The zero-order chi connectivity index (χ0) is 11.8. The number of carboxylic acids is 1. The zero-order valence-electron chi connectivity index (χ0n) is 9.18. The highest BCUT2D eigenvalue weighted by Crippen LogP contribution is 2.29. The van der Waals surface area contributed by atoms with Crippen molar-refractivity contribution < 1.29 is 9.90 Å². The van der Waals surface area contributed by atoms with Gasteiger partial charge in [-0.1, -0.05) is 18.2 Å². The van der Waals surface area contributed by atoms with Crippen LogP contribution < -0.4 is 0 Å². The number of nitrogens with one attached hydrogen (secondary N) is 1. The first kappa shape index (κ1) is 10.1. The molecule has 1 aliphatic rings. The quantitative estimate of drug-likeness (QED) is 0.783. The highest BCUT2D eigenvalue weighted by Gasteiger charge is 2.25. The zero-order valence-corrected chi connectivity index (χ0v) is 9.18. The fourth-order valence-corrected chi connectivity index (χ4v) is 2.37. The second-order valence-corrected chi connectivity index (χ2v) is 4.18. The first-order valence-electron chi connectivity index (χ1n) is 5.59. The number of para-hydroxylation sites is 1. The van der Waals surface area contributed by atoms with E-state index in [9.17, 15) is 9.90 Å². The van der Waals surface area contributed by atoms with Crippen molar-refractivity contribution in [2.45, 2.75) is 12.3 Å². The van der Waals surface area contributed by atoms with Gasteiger partial charge in [-0.05, 0) is 18.1 Å². The van der Waals surface area contributed by atoms with E-state index in [4.69, 9.17) is 0 Å². The Bertz CT molecular complexity index is 613. The van der Waals surface area contributed by atoms with Crippen molar-refractivity contribution in [2.75, 3.05) is 6.54 Å². The Morgan fingerprint density at radius 1 is 1.41 bits per heavy atom. The van der Waals surface area contributed by atoms with Gasteiger partial charge in [-0.25, -0.2) is 0 Å². The van der Waals surface area contributed by atoms with Gasteiger partial charge in [-0.15, -0.1) is 0 Å². The van der Waals surface area contributed by atoms with Crippen LogP contribution in [0.2, 0.25) is 0 Å². The van der Waals surface area contributed by atoms with Gasteiger partial charge in [0.15, 0.2) is 0 Å². The molecule has 0 saturated carbocycles. The third-order valence-electron chi connectivity index (χ3n) is 3.17. The van der Waals surface area contributed by atoms with E-state index in [1.54, 1.807) is 0 Å². The van der Waals surface area contributed by atoms with Crippen molar-refractivity contribution in [1.82, 2.24) is 4.98 Å². The molecule has 0 fully saturated rings. The number of fused-ring (bicyclic) bond motifs is 3. The van der Waals surface area contributed by atoms with Crippen molar-refractivity contribution in [1.29, 1.82) is 0 Å². The molecule has 4 heteroatoms. The van der Waals surface area contributed by atoms with Crippen LogP contribution >= 0.6 is 0 Å². The number of rotatable bonds is 1. The van der Waals surface area contributed by atoms with Crippen LogP contribution in [0, 0.1) is 0 Å². The topological polar surface area (TPSA) is 65.4 Å². The minimum Gasteiger partial charge on any atom is -0.480 e. The van der Waals surface area contributed by atoms with E-state index in [1.807, 2.05) is 24.3 Å². The molecule has 0 amide bonds. The molecule has 3 rings (SSSR count). The lowest BCUT2D eigenvalue weighted by atomic mass is 10.0. The Labute approximate surface area is 98.0 Å². The summed E-state index contributed by atoms with van der Waals surface area (Å²) >= 11 is 0. The van der Waals surface area contributed by atoms with Crippen LogP contribution in [0.1, 0.15) is 17.2 Å². The monoisotopic (exact) mass is 228 g/mol. The number of aliphatic imine (C=N–C) groups is 1. The summed E-state index contributed by atoms with van der Waals surface area (Å²) in [6, 6.07) is 7.91. The Morgan fingerprint density at radius 3 is 3.06 bits per heavy atom. The fraction of sp³-hybridized carbons (Fsp3) is 0.231. The summed E-state index contributed by atoms with van der Waals surface area (Å²) in [5.41, 5.74) is 2.87. The van der Waals surface area contributed by atoms with Crippen LogP contribution in [0.25, 0.3) is 10.9 Å². The van der Waals surface area contributed by atoms with Gasteiger partial charge in [0.2, 0.25) is 0 Å². The number of H-pyrrole nitrogens is 1. The normalized spacial score (nSPS) is 18.9. The smallest absolute Gasteiger partial charge is 0.318 e. The van der Waals surface area contributed by atoms with E-state index in [1.165, 1.54) is 6.21 Å². The van der Waals surface area contributed by atoms with Gasteiger partial charge < -0.3 is 10.1 Å². The third kappa shape index (κ3) is 1.53. The van der Waals surface area contributed by atoms with Gasteiger partial charge in [0.05, 0.1) is 0 Å². The number of nitrogens with zero attached hydrogens (tertiary/aromatic N) is 1. The maximum absolute atomic E-state index is 11.2. The molecule has 0 radical (unpaired) electrons. The summed E-state index contributed by atoms with van der Waals surface area (Å²) in [6.45, 7) is 0.651. The molecule has 2 aromatic rings. The predicted molar refractivity (Wildman–Crippen MR) is 65.7 cm³/mol. The molecule has 0 aliphatic carbocycles. The van der Waals surface area contributed by atoms with Gasteiger partial charge in [0.25, 0.3) is 0 Å². The minimum atomic E-state index is -0.858. The number of carbonyl (C=O) groups is 1. The largest absolute Gasteiger partial charge is 0.480 e. The molecule has 0 bridgehead atoms. The molecule has 2 N–H and O–H groups in total. The molecule has 4 nitrogen and oxygen atoms in total. The highest BCUT2D eigenvalue weighted by atomic mass is 16.4. The maximum atomic E-state index is 11.2. The number of aromatic amines is 1. The summed E-state index contributed by atoms with van der Waals surface area (Å²) in [4.78, 5) is 18.6. The number of hydrogen-bond acceptors (Lipinski definition) is 2. The van der Waals surface area contributed by atoms with E-state index in [-0.39, 0.29) is 0 Å². The standard InChI is InChI=1S/C13H12N2O2/c16-13(17)10-7-14-6-5-9-8-3-1-2-4-11(8)15-12(9)10/h1-4,7,10,15H,5-6H2,(H,16,17). The molecule has 0 saturated heterocycles. The van der Waals surface area contributed by atoms with Crippen LogP contribution in [0.15, 0.2) is 29.3 Å². The molecule has 2 heterocycles. The minimum absolute atomic E-state index is 0.651. The van der Waals surface area contributed by atoms with Crippen LogP contribution in [0.3, 0.4) is 0 Å². The lowest BCUT2D eigenvalue weighted by Gasteiger charge is -2.05. The first-order valence-corrected chi connectivity index (χ1v) is 5.59. The predicted octanol–water partition coefficient (Wildman–Crippen LogP) is 1.96. The molecule has 1 aliphatic heterocycles. The molecule has 86 valence electrons. The molecular weight excluding hydrogens is 216 g/mol.